The van der Waals surface area contributed by atoms with E-state index in [4.69, 9.17) is 4.74 Å². The van der Waals surface area contributed by atoms with Crippen LogP contribution in [0.15, 0.2) is 66.7 Å². The Morgan fingerprint density at radius 1 is 0.946 bits per heavy atom. The zero-order chi connectivity index (χ0) is 26.2. The van der Waals surface area contributed by atoms with E-state index in [0.717, 1.165) is 59.4 Å². The van der Waals surface area contributed by atoms with Gasteiger partial charge in [0, 0.05) is 30.8 Å². The molecule has 37 heavy (non-hydrogen) atoms. The molecule has 2 amide bonds. The third-order valence-corrected chi connectivity index (χ3v) is 6.73. The highest BCUT2D eigenvalue weighted by atomic mass is 16.6. The molecule has 0 unspecified atom stereocenters. The minimum Gasteiger partial charge on any atom is -0.446 e. The zero-order valence-corrected chi connectivity index (χ0v) is 21.5. The number of nitrogens with zero attached hydrogens (tertiary/aromatic N) is 1. The average molecular weight is 502 g/mol. The van der Waals surface area contributed by atoms with E-state index in [-0.39, 0.29) is 18.6 Å². The van der Waals surface area contributed by atoms with Crippen molar-refractivity contribution in [1.82, 2.24) is 4.90 Å². The average Bonchev–Trinajstić information content (AvgIpc) is 2.90. The van der Waals surface area contributed by atoms with Gasteiger partial charge in [-0.1, -0.05) is 54.6 Å². The molecule has 4 rings (SSSR count). The Morgan fingerprint density at radius 3 is 2.38 bits per heavy atom. The molecular formula is C30H35N3O4. The van der Waals surface area contributed by atoms with Crippen molar-refractivity contribution < 1.29 is 19.4 Å². The second-order valence-electron chi connectivity index (χ2n) is 9.63. The van der Waals surface area contributed by atoms with Crippen molar-refractivity contribution >= 4 is 23.4 Å². The number of rotatable bonds is 8. The first-order valence-electron chi connectivity index (χ1n) is 12.8. The number of piperidine rings is 1. The number of aryl methyl sites for hydroxylation is 2. The molecule has 1 aliphatic heterocycles. The zero-order valence-electron chi connectivity index (χ0n) is 21.5. The molecule has 0 radical (unpaired) electrons. The first kappa shape index (κ1) is 26.4. The molecule has 1 heterocycles. The highest BCUT2D eigenvalue weighted by Gasteiger charge is 2.21. The minimum atomic E-state index is -0.455. The topological polar surface area (TPSA) is 90.9 Å². The predicted octanol–water partition coefficient (Wildman–Crippen LogP) is 5.37. The number of carbonyl (C=O) groups excluding carboxylic acids is 2. The minimum absolute atomic E-state index is 0.0318. The molecule has 0 bridgehead atoms. The summed E-state index contributed by atoms with van der Waals surface area (Å²) in [5, 5.41) is 15.2. The van der Waals surface area contributed by atoms with E-state index >= 15 is 0 Å². The smallest absolute Gasteiger partial charge is 0.411 e. The molecule has 3 N–H and O–H groups in total. The van der Waals surface area contributed by atoms with Crippen LogP contribution in [0.3, 0.4) is 0 Å². The molecule has 0 saturated carbocycles. The fraction of sp³-hybridized carbons (Fsp3) is 0.333. The predicted molar refractivity (Wildman–Crippen MR) is 147 cm³/mol. The van der Waals surface area contributed by atoms with Gasteiger partial charge in [0.1, 0.15) is 6.10 Å². The van der Waals surface area contributed by atoms with Crippen LogP contribution in [-0.2, 0) is 22.6 Å². The van der Waals surface area contributed by atoms with E-state index in [1.54, 1.807) is 6.07 Å². The van der Waals surface area contributed by atoms with E-state index in [1.807, 2.05) is 67.6 Å². The first-order chi connectivity index (χ1) is 17.9. The number of aliphatic hydroxyl groups excluding tert-OH is 1. The van der Waals surface area contributed by atoms with Crippen LogP contribution in [0.4, 0.5) is 16.2 Å². The molecule has 3 aromatic rings. The van der Waals surface area contributed by atoms with Crippen molar-refractivity contribution in [2.24, 2.45) is 0 Å². The van der Waals surface area contributed by atoms with Gasteiger partial charge in [0.15, 0.2) is 0 Å². The Morgan fingerprint density at radius 2 is 1.68 bits per heavy atom. The van der Waals surface area contributed by atoms with Gasteiger partial charge in [0.05, 0.1) is 12.3 Å². The molecule has 0 spiro atoms. The Balaban J connectivity index is 1.43. The van der Waals surface area contributed by atoms with Crippen molar-refractivity contribution in [2.75, 3.05) is 30.8 Å². The van der Waals surface area contributed by atoms with E-state index in [1.165, 1.54) is 0 Å². The van der Waals surface area contributed by atoms with Crippen LogP contribution in [0, 0.1) is 6.92 Å². The van der Waals surface area contributed by atoms with E-state index in [0.29, 0.717) is 18.5 Å². The van der Waals surface area contributed by atoms with E-state index in [9.17, 15) is 14.7 Å². The van der Waals surface area contributed by atoms with Crippen LogP contribution in [-0.4, -0.2) is 48.2 Å². The lowest BCUT2D eigenvalue weighted by Gasteiger charge is -2.28. The summed E-state index contributed by atoms with van der Waals surface area (Å²) in [6, 6.07) is 21.2. The Labute approximate surface area is 218 Å². The van der Waals surface area contributed by atoms with Gasteiger partial charge in [-0.3, -0.25) is 10.1 Å². The normalized spacial score (nSPS) is 14.2. The maximum atomic E-state index is 12.8. The Bertz CT molecular complexity index is 1220. The summed E-state index contributed by atoms with van der Waals surface area (Å²) in [5.41, 5.74) is 5.94. The summed E-state index contributed by atoms with van der Waals surface area (Å²) in [6.07, 6.45) is 1.93. The molecule has 0 aliphatic carbocycles. The van der Waals surface area contributed by atoms with Crippen LogP contribution in [0.5, 0.6) is 0 Å². The highest BCUT2D eigenvalue weighted by molar-refractivity contribution is 5.93. The lowest BCUT2D eigenvalue weighted by Crippen LogP contribution is -2.36. The summed E-state index contributed by atoms with van der Waals surface area (Å²) >= 11 is 0. The molecule has 0 atom stereocenters. The van der Waals surface area contributed by atoms with Gasteiger partial charge in [0.2, 0.25) is 5.91 Å². The second-order valence-corrected chi connectivity index (χ2v) is 9.63. The van der Waals surface area contributed by atoms with Gasteiger partial charge in [-0.15, -0.1) is 0 Å². The van der Waals surface area contributed by atoms with Gasteiger partial charge >= 0.3 is 6.09 Å². The summed E-state index contributed by atoms with van der Waals surface area (Å²) < 4.78 is 5.71. The van der Waals surface area contributed by atoms with Crippen molar-refractivity contribution in [3.05, 3.63) is 83.4 Å². The molecular weight excluding hydrogens is 466 g/mol. The van der Waals surface area contributed by atoms with Gasteiger partial charge in [-0.05, 0) is 67.6 Å². The lowest BCUT2D eigenvalue weighted by molar-refractivity contribution is -0.116. The maximum absolute atomic E-state index is 12.8. The SMILES string of the molecule is Cc1cc(CO)ccc1NC(=O)CCc1ccc(-c2ccccc2)c(NC(=O)OC2CCN(C)CC2)c1. The highest BCUT2D eigenvalue weighted by Crippen LogP contribution is 2.30. The van der Waals surface area contributed by atoms with Crippen molar-refractivity contribution in [3.63, 3.8) is 0 Å². The van der Waals surface area contributed by atoms with Gasteiger partial charge in [-0.25, -0.2) is 4.79 Å². The number of hydrogen-bond acceptors (Lipinski definition) is 5. The maximum Gasteiger partial charge on any atom is 0.411 e. The molecule has 1 saturated heterocycles. The molecule has 1 fully saturated rings. The van der Waals surface area contributed by atoms with E-state index in [2.05, 4.69) is 22.6 Å². The van der Waals surface area contributed by atoms with Crippen LogP contribution in [0.25, 0.3) is 11.1 Å². The van der Waals surface area contributed by atoms with Crippen LogP contribution >= 0.6 is 0 Å². The van der Waals surface area contributed by atoms with E-state index < -0.39 is 6.09 Å². The third kappa shape index (κ3) is 7.41. The number of nitrogens with one attached hydrogen (secondary N) is 2. The molecule has 0 aromatic heterocycles. The number of amides is 2. The quantitative estimate of drug-likeness (QED) is 0.386. The van der Waals surface area contributed by atoms with Gasteiger partial charge < -0.3 is 20.1 Å². The number of benzene rings is 3. The molecule has 7 nitrogen and oxygen atoms in total. The molecule has 3 aromatic carbocycles. The molecule has 7 heteroatoms. The summed E-state index contributed by atoms with van der Waals surface area (Å²) in [7, 11) is 2.07. The lowest BCUT2D eigenvalue weighted by atomic mass is 9.99. The third-order valence-electron chi connectivity index (χ3n) is 6.73. The number of aliphatic hydroxyl groups is 1. The fourth-order valence-corrected chi connectivity index (χ4v) is 4.55. The number of hydrogen-bond donors (Lipinski definition) is 3. The van der Waals surface area contributed by atoms with Crippen molar-refractivity contribution in [1.29, 1.82) is 0 Å². The Kier molecular flexibility index (Phi) is 8.93. The number of carbonyl (C=O) groups is 2. The van der Waals surface area contributed by atoms with Crippen LogP contribution in [0.1, 0.15) is 36.0 Å². The number of anilines is 2. The number of likely N-dealkylation sites (tertiary alicyclic amines) is 1. The number of ether oxygens (including phenoxy) is 1. The summed E-state index contributed by atoms with van der Waals surface area (Å²) in [6.45, 7) is 3.70. The summed E-state index contributed by atoms with van der Waals surface area (Å²) in [5.74, 6) is -0.0943. The monoisotopic (exact) mass is 501 g/mol. The van der Waals surface area contributed by atoms with Crippen LogP contribution in [0.2, 0.25) is 0 Å². The fourth-order valence-electron chi connectivity index (χ4n) is 4.55. The van der Waals surface area contributed by atoms with Gasteiger partial charge in [-0.2, -0.15) is 0 Å². The van der Waals surface area contributed by atoms with Crippen molar-refractivity contribution in [2.45, 2.75) is 45.3 Å². The van der Waals surface area contributed by atoms with Gasteiger partial charge in [0.25, 0.3) is 0 Å². The second kappa shape index (κ2) is 12.5. The summed E-state index contributed by atoms with van der Waals surface area (Å²) in [4.78, 5) is 27.6. The molecule has 1 aliphatic rings. The van der Waals surface area contributed by atoms with Crippen molar-refractivity contribution in [3.8, 4) is 11.1 Å². The Hall–Kier alpha value is -3.68. The largest absolute Gasteiger partial charge is 0.446 e. The standard InChI is InChI=1S/C30H35N3O4/c1-21-18-23(20-34)9-12-27(21)31-29(35)13-10-22-8-11-26(24-6-4-3-5-7-24)28(19-22)32-30(36)37-25-14-16-33(2)17-15-25/h3-9,11-12,18-19,25,34H,10,13-17,20H2,1-2H3,(H,31,35)(H,32,36). The molecule has 194 valence electrons. The van der Waals surface area contributed by atoms with Crippen LogP contribution < -0.4 is 10.6 Å². The first-order valence-corrected chi connectivity index (χ1v) is 12.8.